The standard InChI is InChI=1S/C18H22N2O4S2/c1-12-5-6-16(21)15(8-12)19-18(22)17-9-14(11-25-17)26(23,24)20-7-3-4-13(2)10-20/h5-6,8-9,11,13,21H,3-4,7,10H2,1-2H3,(H,19,22). The molecule has 1 aromatic carbocycles. The number of sulfonamides is 1. The third-order valence-electron chi connectivity index (χ3n) is 4.46. The van der Waals surface area contributed by atoms with Gasteiger partial charge in [0.1, 0.15) is 5.75 Å². The molecule has 1 amide bonds. The van der Waals surface area contributed by atoms with Crippen LogP contribution in [0.15, 0.2) is 34.5 Å². The van der Waals surface area contributed by atoms with E-state index in [2.05, 4.69) is 5.32 Å². The summed E-state index contributed by atoms with van der Waals surface area (Å²) in [6, 6.07) is 6.31. The Kier molecular flexibility index (Phi) is 5.36. The molecule has 0 aliphatic carbocycles. The summed E-state index contributed by atoms with van der Waals surface area (Å²) < 4.78 is 27.1. The normalized spacial score (nSPS) is 18.6. The van der Waals surface area contributed by atoms with Gasteiger partial charge in [0.15, 0.2) is 0 Å². The number of rotatable bonds is 4. The second-order valence-electron chi connectivity index (χ2n) is 6.73. The van der Waals surface area contributed by atoms with Crippen LogP contribution in [0.2, 0.25) is 0 Å². The second kappa shape index (κ2) is 7.38. The molecular weight excluding hydrogens is 372 g/mol. The number of amides is 1. The Balaban J connectivity index is 1.78. The fraction of sp³-hybridized carbons (Fsp3) is 0.389. The van der Waals surface area contributed by atoms with Crippen molar-refractivity contribution in [1.29, 1.82) is 0 Å². The van der Waals surface area contributed by atoms with Gasteiger partial charge in [-0.1, -0.05) is 13.0 Å². The zero-order chi connectivity index (χ0) is 18.9. The highest BCUT2D eigenvalue weighted by Crippen LogP contribution is 2.29. The number of carbonyl (C=O) groups excluding carboxylic acids is 1. The first-order chi connectivity index (χ1) is 12.3. The summed E-state index contributed by atoms with van der Waals surface area (Å²) in [5.74, 6) is -0.135. The molecule has 1 aliphatic rings. The van der Waals surface area contributed by atoms with Crippen LogP contribution in [-0.2, 0) is 10.0 Å². The number of aryl methyl sites for hydroxylation is 1. The quantitative estimate of drug-likeness (QED) is 0.778. The number of anilines is 1. The summed E-state index contributed by atoms with van der Waals surface area (Å²) in [5.41, 5.74) is 1.20. The average Bonchev–Trinajstić information content (AvgIpc) is 3.09. The number of phenolic OH excluding ortho intramolecular Hbond substituents is 1. The number of phenols is 1. The number of nitrogens with one attached hydrogen (secondary N) is 1. The number of carbonyl (C=O) groups is 1. The lowest BCUT2D eigenvalue weighted by atomic mass is 10.0. The van der Waals surface area contributed by atoms with Gasteiger partial charge in [-0.05, 0) is 49.4 Å². The van der Waals surface area contributed by atoms with Crippen LogP contribution in [0.3, 0.4) is 0 Å². The maximum absolute atomic E-state index is 12.8. The van der Waals surface area contributed by atoms with Crippen LogP contribution in [-0.4, -0.2) is 36.8 Å². The van der Waals surface area contributed by atoms with E-state index in [1.54, 1.807) is 12.1 Å². The fourth-order valence-electron chi connectivity index (χ4n) is 3.02. The minimum absolute atomic E-state index is 0.0318. The molecule has 0 radical (unpaired) electrons. The van der Waals surface area contributed by atoms with Crippen molar-refractivity contribution in [3.63, 3.8) is 0 Å². The average molecular weight is 395 g/mol. The predicted molar refractivity (Wildman–Crippen MR) is 102 cm³/mol. The number of benzene rings is 1. The third kappa shape index (κ3) is 3.92. The zero-order valence-corrected chi connectivity index (χ0v) is 16.4. The van der Waals surface area contributed by atoms with Crippen molar-refractivity contribution < 1.29 is 18.3 Å². The molecule has 1 saturated heterocycles. The van der Waals surface area contributed by atoms with Crippen molar-refractivity contribution in [2.75, 3.05) is 18.4 Å². The molecule has 26 heavy (non-hydrogen) atoms. The van der Waals surface area contributed by atoms with Crippen LogP contribution in [0.1, 0.15) is 35.0 Å². The van der Waals surface area contributed by atoms with E-state index in [1.807, 2.05) is 13.8 Å². The van der Waals surface area contributed by atoms with Crippen molar-refractivity contribution in [2.24, 2.45) is 5.92 Å². The number of thiophene rings is 1. The van der Waals surface area contributed by atoms with Gasteiger partial charge in [-0.3, -0.25) is 4.79 Å². The first-order valence-corrected chi connectivity index (χ1v) is 10.8. The smallest absolute Gasteiger partial charge is 0.265 e. The van der Waals surface area contributed by atoms with E-state index >= 15 is 0 Å². The summed E-state index contributed by atoms with van der Waals surface area (Å²) in [4.78, 5) is 12.9. The lowest BCUT2D eigenvalue weighted by Crippen LogP contribution is -2.38. The van der Waals surface area contributed by atoms with Crippen LogP contribution < -0.4 is 5.32 Å². The number of nitrogens with zero attached hydrogens (tertiary/aromatic N) is 1. The van der Waals surface area contributed by atoms with Crippen molar-refractivity contribution in [3.05, 3.63) is 40.1 Å². The monoisotopic (exact) mass is 394 g/mol. The van der Waals surface area contributed by atoms with Gasteiger partial charge in [0, 0.05) is 18.5 Å². The molecule has 1 atom stereocenters. The lowest BCUT2D eigenvalue weighted by Gasteiger charge is -2.29. The molecule has 6 nitrogen and oxygen atoms in total. The maximum atomic E-state index is 12.8. The van der Waals surface area contributed by atoms with Crippen LogP contribution >= 0.6 is 11.3 Å². The van der Waals surface area contributed by atoms with E-state index in [1.165, 1.54) is 21.8 Å². The molecule has 0 spiro atoms. The van der Waals surface area contributed by atoms with Gasteiger partial charge in [0.2, 0.25) is 10.0 Å². The molecule has 0 saturated carbocycles. The number of aromatic hydroxyl groups is 1. The topological polar surface area (TPSA) is 86.7 Å². The molecule has 8 heteroatoms. The Morgan fingerprint density at radius 3 is 2.85 bits per heavy atom. The fourth-order valence-corrected chi connectivity index (χ4v) is 5.78. The first kappa shape index (κ1) is 18.9. The van der Waals surface area contributed by atoms with Crippen molar-refractivity contribution >= 4 is 33.0 Å². The zero-order valence-electron chi connectivity index (χ0n) is 14.7. The van der Waals surface area contributed by atoms with Crippen LogP contribution in [0, 0.1) is 12.8 Å². The largest absolute Gasteiger partial charge is 0.506 e. The first-order valence-electron chi connectivity index (χ1n) is 8.47. The van der Waals surface area contributed by atoms with Gasteiger partial charge in [0.05, 0.1) is 15.5 Å². The number of piperidine rings is 1. The highest BCUT2D eigenvalue weighted by atomic mass is 32.2. The van der Waals surface area contributed by atoms with Gasteiger partial charge in [-0.25, -0.2) is 8.42 Å². The van der Waals surface area contributed by atoms with E-state index in [0.29, 0.717) is 24.7 Å². The molecule has 0 bridgehead atoms. The second-order valence-corrected chi connectivity index (χ2v) is 9.58. The molecule has 3 rings (SSSR count). The Morgan fingerprint density at radius 2 is 2.12 bits per heavy atom. The summed E-state index contributed by atoms with van der Waals surface area (Å²) in [6.45, 7) is 4.92. The van der Waals surface area contributed by atoms with Crippen molar-refractivity contribution in [2.45, 2.75) is 31.6 Å². The molecule has 140 valence electrons. The van der Waals surface area contributed by atoms with Gasteiger partial charge < -0.3 is 10.4 Å². The van der Waals surface area contributed by atoms with E-state index in [9.17, 15) is 18.3 Å². The van der Waals surface area contributed by atoms with Crippen molar-refractivity contribution in [1.82, 2.24) is 4.31 Å². The van der Waals surface area contributed by atoms with Gasteiger partial charge >= 0.3 is 0 Å². The Bertz CT molecular complexity index is 921. The van der Waals surface area contributed by atoms with Crippen LogP contribution in [0.5, 0.6) is 5.75 Å². The summed E-state index contributed by atoms with van der Waals surface area (Å²) in [7, 11) is -3.58. The van der Waals surface area contributed by atoms with Crippen LogP contribution in [0.4, 0.5) is 5.69 Å². The molecule has 2 aromatic rings. The van der Waals surface area contributed by atoms with E-state index < -0.39 is 15.9 Å². The summed E-state index contributed by atoms with van der Waals surface area (Å²) in [6.07, 6.45) is 1.88. The lowest BCUT2D eigenvalue weighted by molar-refractivity contribution is 0.103. The summed E-state index contributed by atoms with van der Waals surface area (Å²) >= 11 is 1.08. The molecule has 1 aliphatic heterocycles. The predicted octanol–water partition coefficient (Wildman–Crippen LogP) is 3.44. The maximum Gasteiger partial charge on any atom is 0.265 e. The molecule has 1 unspecified atom stereocenters. The Morgan fingerprint density at radius 1 is 1.35 bits per heavy atom. The van der Waals surface area contributed by atoms with E-state index in [0.717, 1.165) is 29.7 Å². The molecule has 1 aromatic heterocycles. The van der Waals surface area contributed by atoms with E-state index in [4.69, 9.17) is 0 Å². The number of hydrogen-bond donors (Lipinski definition) is 2. The number of hydrogen-bond acceptors (Lipinski definition) is 5. The SMILES string of the molecule is Cc1ccc(O)c(NC(=O)c2cc(S(=O)(=O)N3CCCC(C)C3)cs2)c1. The molecular formula is C18H22N2O4S2. The highest BCUT2D eigenvalue weighted by molar-refractivity contribution is 7.89. The minimum Gasteiger partial charge on any atom is -0.506 e. The summed E-state index contributed by atoms with van der Waals surface area (Å²) in [5, 5.41) is 14.0. The Hall–Kier alpha value is -1.90. The van der Waals surface area contributed by atoms with Crippen molar-refractivity contribution in [3.8, 4) is 5.75 Å². The van der Waals surface area contributed by atoms with Gasteiger partial charge in [0.25, 0.3) is 5.91 Å². The molecule has 2 heterocycles. The minimum atomic E-state index is -3.58. The van der Waals surface area contributed by atoms with Gasteiger partial charge in [-0.2, -0.15) is 4.31 Å². The van der Waals surface area contributed by atoms with Crippen LogP contribution in [0.25, 0.3) is 0 Å². The Labute approximate surface area is 157 Å². The van der Waals surface area contributed by atoms with Gasteiger partial charge in [-0.15, -0.1) is 11.3 Å². The highest BCUT2D eigenvalue weighted by Gasteiger charge is 2.30. The third-order valence-corrected chi connectivity index (χ3v) is 7.38. The van der Waals surface area contributed by atoms with E-state index in [-0.39, 0.29) is 15.5 Å². The molecule has 1 fully saturated rings. The molecule has 2 N–H and O–H groups in total.